The summed E-state index contributed by atoms with van der Waals surface area (Å²) in [6, 6.07) is 0. The van der Waals surface area contributed by atoms with Gasteiger partial charge in [-0.3, -0.25) is 0 Å². The van der Waals surface area contributed by atoms with Gasteiger partial charge in [-0.2, -0.15) is 0 Å². The summed E-state index contributed by atoms with van der Waals surface area (Å²) in [5.41, 5.74) is 0.884. The van der Waals surface area contributed by atoms with Crippen molar-refractivity contribution in [1.82, 2.24) is 0 Å². The van der Waals surface area contributed by atoms with Gasteiger partial charge in [-0.25, -0.2) is 0 Å². The number of rotatable bonds is 3. The Hall–Kier alpha value is 0.0300. The lowest BCUT2D eigenvalue weighted by Gasteiger charge is -2.15. The molecule has 54 valence electrons. The van der Waals surface area contributed by atoms with Crippen molar-refractivity contribution in [1.29, 1.82) is 0 Å². The van der Waals surface area contributed by atoms with Crippen molar-refractivity contribution < 1.29 is 0 Å². The van der Waals surface area contributed by atoms with Gasteiger partial charge in [0.1, 0.15) is 0 Å². The predicted octanol–water partition coefficient (Wildman–Crippen LogP) is 2.97. The van der Waals surface area contributed by atoms with E-state index in [9.17, 15) is 4.91 Å². The monoisotopic (exact) mass is 147 g/mol. The zero-order valence-electron chi connectivity index (χ0n) is 6.46. The molecule has 0 fully saturated rings. The smallest absolute Gasteiger partial charge is 0.0697 e. The van der Waals surface area contributed by atoms with Crippen LogP contribution < -0.4 is 0 Å². The van der Waals surface area contributed by atoms with E-state index in [0.29, 0.717) is 11.3 Å². The SMILES string of the molecule is CC(C)P(N=O)C(C)C. The molecule has 0 aliphatic rings. The molecule has 0 radical (unpaired) electrons. The fourth-order valence-corrected chi connectivity index (χ4v) is 2.35. The molecule has 0 spiro atoms. The molecular formula is C6H14NOP. The van der Waals surface area contributed by atoms with Crippen molar-refractivity contribution in [2.24, 2.45) is 4.95 Å². The van der Waals surface area contributed by atoms with Crippen LogP contribution in [0.15, 0.2) is 4.95 Å². The molecule has 0 rings (SSSR count). The lowest BCUT2D eigenvalue weighted by atomic mass is 10.5. The Kier molecular flexibility index (Phi) is 3.96. The molecule has 9 heavy (non-hydrogen) atoms. The third kappa shape index (κ3) is 2.90. The molecule has 0 aromatic heterocycles. The highest BCUT2D eigenvalue weighted by Crippen LogP contribution is 2.46. The van der Waals surface area contributed by atoms with Crippen LogP contribution in [0.25, 0.3) is 0 Å². The number of hydrogen-bond acceptors (Lipinski definition) is 2. The van der Waals surface area contributed by atoms with Crippen molar-refractivity contribution in [3.8, 4) is 0 Å². The summed E-state index contributed by atoms with van der Waals surface area (Å²) in [5, 5.41) is 0. The quantitative estimate of drug-likeness (QED) is 0.445. The van der Waals surface area contributed by atoms with Crippen LogP contribution in [-0.2, 0) is 0 Å². The summed E-state index contributed by atoms with van der Waals surface area (Å²) in [6.45, 7) is 8.19. The third-order valence-electron chi connectivity index (χ3n) is 1.15. The van der Waals surface area contributed by atoms with E-state index in [2.05, 4.69) is 4.95 Å². The van der Waals surface area contributed by atoms with E-state index in [0.717, 1.165) is 0 Å². The van der Waals surface area contributed by atoms with Crippen molar-refractivity contribution in [2.45, 2.75) is 39.0 Å². The van der Waals surface area contributed by atoms with Gasteiger partial charge in [0.25, 0.3) is 0 Å². The summed E-state index contributed by atoms with van der Waals surface area (Å²) in [5.74, 6) is 0. The molecule has 0 unspecified atom stereocenters. The summed E-state index contributed by atoms with van der Waals surface area (Å²) in [7, 11) is -0.607. The highest BCUT2D eigenvalue weighted by atomic mass is 31.1. The van der Waals surface area contributed by atoms with Crippen LogP contribution in [0, 0.1) is 4.91 Å². The first-order valence-electron chi connectivity index (χ1n) is 3.21. The molecular weight excluding hydrogens is 133 g/mol. The highest BCUT2D eigenvalue weighted by Gasteiger charge is 2.16. The predicted molar refractivity (Wildman–Crippen MR) is 43.0 cm³/mol. The zero-order valence-corrected chi connectivity index (χ0v) is 7.35. The Morgan fingerprint density at radius 2 is 1.44 bits per heavy atom. The van der Waals surface area contributed by atoms with Crippen LogP contribution >= 0.6 is 8.07 Å². The average Bonchev–Trinajstić information content (AvgIpc) is 1.64. The second kappa shape index (κ2) is 3.94. The molecule has 0 bridgehead atoms. The minimum absolute atomic E-state index is 0.442. The first-order valence-corrected chi connectivity index (χ1v) is 4.64. The maximum Gasteiger partial charge on any atom is 0.0697 e. The van der Waals surface area contributed by atoms with E-state index in [-0.39, 0.29) is 0 Å². The fourth-order valence-electron chi connectivity index (χ4n) is 0.785. The zero-order chi connectivity index (χ0) is 7.44. The molecule has 0 aliphatic carbocycles. The van der Waals surface area contributed by atoms with Crippen LogP contribution in [-0.4, -0.2) is 11.3 Å². The summed E-state index contributed by atoms with van der Waals surface area (Å²) >= 11 is 0. The molecule has 0 saturated carbocycles. The molecule has 0 atom stereocenters. The normalized spacial score (nSPS) is 11.4. The van der Waals surface area contributed by atoms with Crippen LogP contribution in [0.2, 0.25) is 0 Å². The van der Waals surface area contributed by atoms with Crippen LogP contribution in [0.3, 0.4) is 0 Å². The van der Waals surface area contributed by atoms with Crippen molar-refractivity contribution in [3.05, 3.63) is 4.91 Å². The van der Waals surface area contributed by atoms with Gasteiger partial charge in [-0.1, -0.05) is 27.7 Å². The standard InChI is InChI=1S/C6H14NOP/c1-5(2)9(7-8)6(3)4/h5-6H,1-4H3. The molecule has 3 heteroatoms. The third-order valence-corrected chi connectivity index (χ3v) is 3.46. The molecule has 0 heterocycles. The van der Waals surface area contributed by atoms with Crippen LogP contribution in [0.5, 0.6) is 0 Å². The lowest BCUT2D eigenvalue weighted by molar-refractivity contribution is 1.00. The van der Waals surface area contributed by atoms with Gasteiger partial charge < -0.3 is 0 Å². The Bertz CT molecular complexity index is 85.1. The molecule has 0 aromatic carbocycles. The molecule has 0 N–H and O–H groups in total. The molecule has 0 saturated heterocycles. The molecule has 0 amide bonds. The first-order chi connectivity index (χ1) is 4.09. The summed E-state index contributed by atoms with van der Waals surface area (Å²) in [4.78, 5) is 13.3. The summed E-state index contributed by atoms with van der Waals surface area (Å²) < 4.78 is 0. The largest absolute Gasteiger partial charge is 0.147 e. The highest BCUT2D eigenvalue weighted by molar-refractivity contribution is 7.57. The second-order valence-corrected chi connectivity index (χ2v) is 5.64. The fraction of sp³-hybridized carbons (Fsp3) is 1.00. The van der Waals surface area contributed by atoms with Crippen LogP contribution in [0.4, 0.5) is 0 Å². The number of hydrogen-bond donors (Lipinski definition) is 0. The van der Waals surface area contributed by atoms with Gasteiger partial charge in [-0.15, -0.1) is 4.91 Å². The van der Waals surface area contributed by atoms with E-state index in [1.165, 1.54) is 0 Å². The van der Waals surface area contributed by atoms with Crippen molar-refractivity contribution in [2.75, 3.05) is 0 Å². The number of nitrogens with zero attached hydrogens (tertiary/aromatic N) is 1. The average molecular weight is 147 g/mol. The Balaban J connectivity index is 3.82. The Morgan fingerprint density at radius 3 is 1.44 bits per heavy atom. The van der Waals surface area contributed by atoms with Gasteiger partial charge >= 0.3 is 0 Å². The van der Waals surface area contributed by atoms with Gasteiger partial charge in [-0.05, 0) is 16.3 Å². The van der Waals surface area contributed by atoms with Crippen molar-refractivity contribution in [3.63, 3.8) is 0 Å². The van der Waals surface area contributed by atoms with E-state index < -0.39 is 8.07 Å². The maximum absolute atomic E-state index is 10.2. The van der Waals surface area contributed by atoms with Crippen LogP contribution in [0.1, 0.15) is 27.7 Å². The number of nitroso groups, excluding NO2 is 1. The van der Waals surface area contributed by atoms with E-state index >= 15 is 0 Å². The topological polar surface area (TPSA) is 29.4 Å². The molecule has 0 aliphatic heterocycles. The minimum Gasteiger partial charge on any atom is -0.147 e. The van der Waals surface area contributed by atoms with Gasteiger partial charge in [0.15, 0.2) is 0 Å². The van der Waals surface area contributed by atoms with E-state index in [1.54, 1.807) is 0 Å². The Labute approximate surface area is 57.8 Å². The minimum atomic E-state index is -0.607. The Morgan fingerprint density at radius 1 is 1.11 bits per heavy atom. The van der Waals surface area contributed by atoms with Gasteiger partial charge in [0.2, 0.25) is 0 Å². The summed E-state index contributed by atoms with van der Waals surface area (Å²) in [6.07, 6.45) is 0. The maximum atomic E-state index is 10.2. The molecule has 0 aromatic rings. The van der Waals surface area contributed by atoms with Gasteiger partial charge in [0, 0.05) is 0 Å². The lowest BCUT2D eigenvalue weighted by Crippen LogP contribution is -1.99. The van der Waals surface area contributed by atoms with E-state index in [1.807, 2.05) is 27.7 Å². The second-order valence-electron chi connectivity index (χ2n) is 2.65. The van der Waals surface area contributed by atoms with E-state index in [4.69, 9.17) is 0 Å². The molecule has 2 nitrogen and oxygen atoms in total. The van der Waals surface area contributed by atoms with Crippen molar-refractivity contribution >= 4 is 8.07 Å². The van der Waals surface area contributed by atoms with Gasteiger partial charge in [0.05, 0.1) is 8.07 Å². The first kappa shape index (κ1) is 9.03.